The lowest BCUT2D eigenvalue weighted by Gasteiger charge is -2.22. The SMILES string of the molecule is Cc1cc(Nc2nccc(C(=O)Nc3ccccc3C(C)(C)C)n2)no1. The van der Waals surface area contributed by atoms with Crippen LogP contribution in [0.2, 0.25) is 0 Å². The van der Waals surface area contributed by atoms with Crippen LogP contribution in [-0.4, -0.2) is 21.0 Å². The summed E-state index contributed by atoms with van der Waals surface area (Å²) < 4.78 is 4.99. The van der Waals surface area contributed by atoms with Crippen molar-refractivity contribution in [1.82, 2.24) is 15.1 Å². The number of benzene rings is 1. The molecule has 0 radical (unpaired) electrons. The van der Waals surface area contributed by atoms with Gasteiger partial charge in [-0.05, 0) is 30.0 Å². The van der Waals surface area contributed by atoms with E-state index in [1.54, 1.807) is 19.1 Å². The van der Waals surface area contributed by atoms with Gasteiger partial charge in [0.1, 0.15) is 11.5 Å². The second kappa shape index (κ2) is 6.95. The smallest absolute Gasteiger partial charge is 0.274 e. The van der Waals surface area contributed by atoms with E-state index in [2.05, 4.69) is 46.5 Å². The predicted octanol–water partition coefficient (Wildman–Crippen LogP) is 4.07. The molecule has 0 bridgehead atoms. The summed E-state index contributed by atoms with van der Waals surface area (Å²) >= 11 is 0. The highest BCUT2D eigenvalue weighted by molar-refractivity contribution is 6.03. The third-order valence-electron chi connectivity index (χ3n) is 3.74. The highest BCUT2D eigenvalue weighted by atomic mass is 16.5. The molecule has 7 heteroatoms. The lowest BCUT2D eigenvalue weighted by molar-refractivity contribution is 0.102. The summed E-state index contributed by atoms with van der Waals surface area (Å²) in [5.41, 5.74) is 1.99. The zero-order valence-electron chi connectivity index (χ0n) is 15.2. The highest BCUT2D eigenvalue weighted by Crippen LogP contribution is 2.29. The van der Waals surface area contributed by atoms with Gasteiger partial charge in [0.25, 0.3) is 5.91 Å². The van der Waals surface area contributed by atoms with E-state index < -0.39 is 0 Å². The number of carbonyl (C=O) groups is 1. The van der Waals surface area contributed by atoms with Gasteiger partial charge in [0.15, 0.2) is 5.82 Å². The van der Waals surface area contributed by atoms with E-state index in [1.165, 1.54) is 6.20 Å². The minimum atomic E-state index is -0.302. The molecule has 2 heterocycles. The molecule has 3 aromatic rings. The van der Waals surface area contributed by atoms with Crippen molar-refractivity contribution in [3.05, 3.63) is 59.6 Å². The number of para-hydroxylation sites is 1. The fourth-order valence-electron chi connectivity index (χ4n) is 2.52. The van der Waals surface area contributed by atoms with Gasteiger partial charge in [-0.15, -0.1) is 0 Å². The van der Waals surface area contributed by atoms with E-state index in [0.29, 0.717) is 11.6 Å². The fraction of sp³-hybridized carbons (Fsp3) is 0.263. The Morgan fingerprint density at radius 1 is 1.15 bits per heavy atom. The normalized spacial score (nSPS) is 11.2. The lowest BCUT2D eigenvalue weighted by Crippen LogP contribution is -2.19. The van der Waals surface area contributed by atoms with Gasteiger partial charge in [-0.3, -0.25) is 4.79 Å². The Hall–Kier alpha value is -3.22. The van der Waals surface area contributed by atoms with E-state index in [9.17, 15) is 4.79 Å². The van der Waals surface area contributed by atoms with Crippen LogP contribution < -0.4 is 10.6 Å². The van der Waals surface area contributed by atoms with Crippen LogP contribution in [0.4, 0.5) is 17.5 Å². The van der Waals surface area contributed by atoms with Gasteiger partial charge in [0.2, 0.25) is 5.95 Å². The summed E-state index contributed by atoms with van der Waals surface area (Å²) in [6.07, 6.45) is 1.52. The van der Waals surface area contributed by atoms with Crippen LogP contribution in [0, 0.1) is 6.92 Å². The molecule has 0 fully saturated rings. The van der Waals surface area contributed by atoms with Gasteiger partial charge in [-0.1, -0.05) is 44.1 Å². The number of aromatic nitrogens is 3. The molecule has 0 saturated heterocycles. The molecule has 7 nitrogen and oxygen atoms in total. The summed E-state index contributed by atoms with van der Waals surface area (Å²) in [4.78, 5) is 21.0. The van der Waals surface area contributed by atoms with Crippen LogP contribution in [0.1, 0.15) is 42.6 Å². The molecule has 3 rings (SSSR count). The summed E-state index contributed by atoms with van der Waals surface area (Å²) in [7, 11) is 0. The van der Waals surface area contributed by atoms with Crippen LogP contribution in [0.5, 0.6) is 0 Å². The van der Waals surface area contributed by atoms with Crippen molar-refractivity contribution < 1.29 is 9.32 Å². The third-order valence-corrected chi connectivity index (χ3v) is 3.74. The molecule has 134 valence electrons. The molecule has 2 N–H and O–H groups in total. The molecule has 0 spiro atoms. The minimum absolute atomic E-state index is 0.0902. The quantitative estimate of drug-likeness (QED) is 0.736. The number of anilines is 3. The minimum Gasteiger partial charge on any atom is -0.360 e. The predicted molar refractivity (Wildman–Crippen MR) is 99.6 cm³/mol. The number of amides is 1. The zero-order chi connectivity index (χ0) is 18.7. The van der Waals surface area contributed by atoms with Gasteiger partial charge in [0.05, 0.1) is 0 Å². The van der Waals surface area contributed by atoms with Gasteiger partial charge < -0.3 is 15.2 Å². The standard InChI is InChI=1S/C19H21N5O2/c1-12-11-16(24-26-12)23-18-20-10-9-15(22-18)17(25)21-14-8-6-5-7-13(14)19(2,3)4/h5-11H,1-4H3,(H,21,25)(H,20,22,23,24). The Balaban J connectivity index is 1.80. The number of hydrogen-bond donors (Lipinski definition) is 2. The number of rotatable bonds is 4. The van der Waals surface area contributed by atoms with E-state index in [1.807, 2.05) is 24.3 Å². The van der Waals surface area contributed by atoms with Crippen LogP contribution in [0.3, 0.4) is 0 Å². The van der Waals surface area contributed by atoms with Crippen molar-refractivity contribution in [1.29, 1.82) is 0 Å². The Kier molecular flexibility index (Phi) is 4.71. The van der Waals surface area contributed by atoms with E-state index in [0.717, 1.165) is 11.3 Å². The molecular formula is C19H21N5O2. The van der Waals surface area contributed by atoms with Crippen molar-refractivity contribution in [3.8, 4) is 0 Å². The van der Waals surface area contributed by atoms with Crippen LogP contribution in [0.15, 0.2) is 47.1 Å². The first kappa shape index (κ1) is 17.6. The molecule has 0 aliphatic rings. The maximum atomic E-state index is 12.6. The number of nitrogens with one attached hydrogen (secondary N) is 2. The van der Waals surface area contributed by atoms with Crippen molar-refractivity contribution in [3.63, 3.8) is 0 Å². The van der Waals surface area contributed by atoms with Crippen LogP contribution in [-0.2, 0) is 5.41 Å². The second-order valence-corrected chi connectivity index (χ2v) is 6.96. The van der Waals surface area contributed by atoms with Crippen LogP contribution >= 0.6 is 0 Å². The first-order chi connectivity index (χ1) is 12.3. The molecule has 1 amide bonds. The maximum Gasteiger partial charge on any atom is 0.274 e. The second-order valence-electron chi connectivity index (χ2n) is 6.96. The van der Waals surface area contributed by atoms with E-state index >= 15 is 0 Å². The summed E-state index contributed by atoms with van der Waals surface area (Å²) in [6, 6.07) is 11.0. The maximum absolute atomic E-state index is 12.6. The molecule has 0 atom stereocenters. The molecule has 0 aliphatic heterocycles. The molecule has 0 saturated carbocycles. The number of carbonyl (C=O) groups excluding carboxylic acids is 1. The average Bonchev–Trinajstić information content (AvgIpc) is 2.99. The van der Waals surface area contributed by atoms with E-state index in [4.69, 9.17) is 4.52 Å². The van der Waals surface area contributed by atoms with Crippen LogP contribution in [0.25, 0.3) is 0 Å². The Morgan fingerprint density at radius 3 is 2.62 bits per heavy atom. The molecule has 26 heavy (non-hydrogen) atoms. The van der Waals surface area contributed by atoms with Crippen molar-refractivity contribution >= 4 is 23.4 Å². The van der Waals surface area contributed by atoms with Gasteiger partial charge >= 0.3 is 0 Å². The topological polar surface area (TPSA) is 92.9 Å². The first-order valence-corrected chi connectivity index (χ1v) is 8.27. The summed E-state index contributed by atoms with van der Waals surface area (Å²) in [5.74, 6) is 1.12. The largest absolute Gasteiger partial charge is 0.360 e. The first-order valence-electron chi connectivity index (χ1n) is 8.27. The number of hydrogen-bond acceptors (Lipinski definition) is 6. The molecule has 0 unspecified atom stereocenters. The summed E-state index contributed by atoms with van der Waals surface area (Å²) in [5, 5.41) is 9.68. The number of nitrogens with zero attached hydrogens (tertiary/aromatic N) is 3. The molecule has 2 aromatic heterocycles. The van der Waals surface area contributed by atoms with Crippen molar-refractivity contribution in [2.24, 2.45) is 0 Å². The van der Waals surface area contributed by atoms with Gasteiger partial charge in [0, 0.05) is 18.0 Å². The van der Waals surface area contributed by atoms with Gasteiger partial charge in [-0.25, -0.2) is 9.97 Å². The lowest BCUT2D eigenvalue weighted by atomic mass is 9.86. The molecule has 0 aliphatic carbocycles. The Morgan fingerprint density at radius 2 is 1.92 bits per heavy atom. The molecule has 1 aromatic carbocycles. The van der Waals surface area contributed by atoms with Gasteiger partial charge in [-0.2, -0.15) is 0 Å². The number of aryl methyl sites for hydroxylation is 1. The fourth-order valence-corrected chi connectivity index (χ4v) is 2.52. The third kappa shape index (κ3) is 4.05. The highest BCUT2D eigenvalue weighted by Gasteiger charge is 2.19. The zero-order valence-corrected chi connectivity index (χ0v) is 15.2. The monoisotopic (exact) mass is 351 g/mol. The summed E-state index contributed by atoms with van der Waals surface area (Å²) in [6.45, 7) is 8.09. The van der Waals surface area contributed by atoms with Crippen molar-refractivity contribution in [2.75, 3.05) is 10.6 Å². The Bertz CT molecular complexity index is 927. The van der Waals surface area contributed by atoms with E-state index in [-0.39, 0.29) is 23.0 Å². The Labute approximate surface area is 151 Å². The van der Waals surface area contributed by atoms with Crippen molar-refractivity contribution in [2.45, 2.75) is 33.1 Å². The molecular weight excluding hydrogens is 330 g/mol. The average molecular weight is 351 g/mol.